The van der Waals surface area contributed by atoms with Crippen LogP contribution in [0.2, 0.25) is 0 Å². The third-order valence-corrected chi connectivity index (χ3v) is 3.02. The van der Waals surface area contributed by atoms with E-state index in [-0.39, 0.29) is 11.9 Å². The van der Waals surface area contributed by atoms with Crippen LogP contribution in [0.1, 0.15) is 40.0 Å². The number of thiol groups is 1. The third-order valence-electron chi connectivity index (χ3n) is 1.39. The molecule has 0 heterocycles. The van der Waals surface area contributed by atoms with Gasteiger partial charge in [0.05, 0.1) is 5.75 Å². The zero-order valence-electron chi connectivity index (χ0n) is 8.91. The first kappa shape index (κ1) is 13.3. The van der Waals surface area contributed by atoms with Gasteiger partial charge in [0.1, 0.15) is 0 Å². The predicted octanol–water partition coefficient (Wildman–Crippen LogP) is 2.13. The highest BCUT2D eigenvalue weighted by Gasteiger charge is 2.09. The minimum absolute atomic E-state index is 0.312. The van der Waals surface area contributed by atoms with Gasteiger partial charge in [-0.3, -0.25) is 9.59 Å². The molecule has 0 spiro atoms. The quantitative estimate of drug-likeness (QED) is 0.699. The molecule has 0 aliphatic heterocycles. The van der Waals surface area contributed by atoms with Crippen molar-refractivity contribution in [3.63, 3.8) is 0 Å². The standard InChI is InChI=1S/C9H18O4S/c1-4-7-14(12-8(10)5-2)13-9(11)6-3/h14H,4-7H2,1-3H3. The lowest BCUT2D eigenvalue weighted by atomic mass is 10.5. The fourth-order valence-electron chi connectivity index (χ4n) is 0.649. The Morgan fingerprint density at radius 3 is 1.71 bits per heavy atom. The Bertz CT molecular complexity index is 175. The van der Waals surface area contributed by atoms with Gasteiger partial charge in [-0.05, 0) is 6.42 Å². The monoisotopic (exact) mass is 222 g/mol. The van der Waals surface area contributed by atoms with Crippen LogP contribution >= 0.6 is 11.5 Å². The van der Waals surface area contributed by atoms with Gasteiger partial charge in [-0.2, -0.15) is 0 Å². The molecule has 0 radical (unpaired) electrons. The van der Waals surface area contributed by atoms with E-state index in [1.165, 1.54) is 0 Å². The summed E-state index contributed by atoms with van der Waals surface area (Å²) in [7, 11) is 0. The first-order valence-electron chi connectivity index (χ1n) is 4.83. The summed E-state index contributed by atoms with van der Waals surface area (Å²) < 4.78 is 9.99. The van der Waals surface area contributed by atoms with Crippen molar-refractivity contribution < 1.29 is 18.0 Å². The zero-order chi connectivity index (χ0) is 11.0. The maximum Gasteiger partial charge on any atom is 0.328 e. The van der Waals surface area contributed by atoms with Crippen LogP contribution in [0.15, 0.2) is 0 Å². The molecule has 0 unspecified atom stereocenters. The Balaban J connectivity index is 4.00. The van der Waals surface area contributed by atoms with Crippen molar-refractivity contribution in [3.05, 3.63) is 0 Å². The molecule has 0 aromatic heterocycles. The van der Waals surface area contributed by atoms with Crippen LogP contribution in [-0.4, -0.2) is 17.7 Å². The van der Waals surface area contributed by atoms with Crippen molar-refractivity contribution in [2.45, 2.75) is 40.0 Å². The highest BCUT2D eigenvalue weighted by molar-refractivity contribution is 8.09. The molecule has 0 saturated carbocycles. The lowest BCUT2D eigenvalue weighted by molar-refractivity contribution is -0.136. The van der Waals surface area contributed by atoms with Gasteiger partial charge in [-0.25, -0.2) is 0 Å². The van der Waals surface area contributed by atoms with E-state index < -0.39 is 11.5 Å². The predicted molar refractivity (Wildman–Crippen MR) is 56.9 cm³/mol. The molecule has 14 heavy (non-hydrogen) atoms. The summed E-state index contributed by atoms with van der Waals surface area (Å²) in [5.74, 6) is -0.00534. The van der Waals surface area contributed by atoms with E-state index in [1.54, 1.807) is 13.8 Å². The van der Waals surface area contributed by atoms with E-state index in [4.69, 9.17) is 8.37 Å². The molecule has 0 aromatic carbocycles. The summed E-state index contributed by atoms with van der Waals surface area (Å²) in [5, 5.41) is 0. The number of hydrogen-bond donors (Lipinski definition) is 1. The molecule has 0 atom stereocenters. The molecule has 5 heteroatoms. The smallest absolute Gasteiger partial charge is 0.328 e. The molecule has 0 aliphatic rings. The highest BCUT2D eigenvalue weighted by atomic mass is 32.2. The van der Waals surface area contributed by atoms with E-state index in [0.29, 0.717) is 18.6 Å². The molecule has 0 aliphatic carbocycles. The second-order valence-electron chi connectivity index (χ2n) is 2.69. The van der Waals surface area contributed by atoms with Crippen molar-refractivity contribution in [3.8, 4) is 0 Å². The van der Waals surface area contributed by atoms with Crippen molar-refractivity contribution >= 4 is 23.4 Å². The number of rotatable bonds is 6. The maximum atomic E-state index is 11.0. The second-order valence-corrected chi connectivity index (χ2v) is 4.17. The van der Waals surface area contributed by atoms with Gasteiger partial charge in [0.2, 0.25) is 0 Å². The number of hydrogen-bond acceptors (Lipinski definition) is 4. The normalized spacial score (nSPS) is 10.6. The first-order chi connectivity index (χ1) is 6.63. The van der Waals surface area contributed by atoms with E-state index in [1.807, 2.05) is 6.92 Å². The lowest BCUT2D eigenvalue weighted by Gasteiger charge is -2.23. The van der Waals surface area contributed by atoms with Crippen molar-refractivity contribution in [1.82, 2.24) is 0 Å². The summed E-state index contributed by atoms with van der Waals surface area (Å²) in [5.41, 5.74) is 0. The van der Waals surface area contributed by atoms with Gasteiger partial charge in [0.15, 0.2) is 0 Å². The van der Waals surface area contributed by atoms with E-state index >= 15 is 0 Å². The topological polar surface area (TPSA) is 52.6 Å². The molecule has 0 rings (SSSR count). The summed E-state index contributed by atoms with van der Waals surface area (Å²) in [4.78, 5) is 21.9. The molecule has 0 amide bonds. The van der Waals surface area contributed by atoms with Gasteiger partial charge in [0, 0.05) is 12.8 Å². The van der Waals surface area contributed by atoms with E-state index in [2.05, 4.69) is 0 Å². The molecule has 0 aromatic rings. The average Bonchev–Trinajstić information content (AvgIpc) is 2.17. The lowest BCUT2D eigenvalue weighted by Crippen LogP contribution is -2.09. The zero-order valence-corrected chi connectivity index (χ0v) is 9.80. The van der Waals surface area contributed by atoms with Crippen LogP contribution in [-0.2, 0) is 18.0 Å². The van der Waals surface area contributed by atoms with Gasteiger partial charge < -0.3 is 8.37 Å². The van der Waals surface area contributed by atoms with Crippen molar-refractivity contribution in [2.75, 3.05) is 5.75 Å². The molecular weight excluding hydrogens is 204 g/mol. The van der Waals surface area contributed by atoms with E-state index in [0.717, 1.165) is 6.42 Å². The van der Waals surface area contributed by atoms with Crippen LogP contribution in [0.25, 0.3) is 0 Å². The second kappa shape index (κ2) is 7.67. The van der Waals surface area contributed by atoms with Gasteiger partial charge in [-0.1, -0.05) is 20.8 Å². The van der Waals surface area contributed by atoms with Gasteiger partial charge in [-0.15, -0.1) is 11.5 Å². The minimum atomic E-state index is -1.35. The van der Waals surface area contributed by atoms with E-state index in [9.17, 15) is 9.59 Å². The summed E-state index contributed by atoms with van der Waals surface area (Å²) >= 11 is -1.35. The first-order valence-corrected chi connectivity index (χ1v) is 6.19. The molecule has 4 nitrogen and oxygen atoms in total. The van der Waals surface area contributed by atoms with Gasteiger partial charge >= 0.3 is 11.9 Å². The largest absolute Gasteiger partial charge is 0.347 e. The van der Waals surface area contributed by atoms with Crippen LogP contribution in [0.5, 0.6) is 0 Å². The average molecular weight is 222 g/mol. The maximum absolute atomic E-state index is 11.0. The Morgan fingerprint density at radius 2 is 1.43 bits per heavy atom. The minimum Gasteiger partial charge on any atom is -0.347 e. The van der Waals surface area contributed by atoms with Crippen molar-refractivity contribution in [2.24, 2.45) is 0 Å². The highest BCUT2D eigenvalue weighted by Crippen LogP contribution is 2.30. The van der Waals surface area contributed by atoms with Crippen LogP contribution in [0.3, 0.4) is 0 Å². The number of carbonyl (C=O) groups excluding carboxylic acids is 2. The third kappa shape index (κ3) is 5.85. The summed E-state index contributed by atoms with van der Waals surface area (Å²) in [6, 6.07) is 0. The summed E-state index contributed by atoms with van der Waals surface area (Å²) in [6.45, 7) is 5.38. The molecule has 0 fully saturated rings. The Kier molecular flexibility index (Phi) is 7.28. The molecule has 0 bridgehead atoms. The van der Waals surface area contributed by atoms with Crippen molar-refractivity contribution in [1.29, 1.82) is 0 Å². The Labute approximate surface area is 87.7 Å². The molecule has 0 N–H and O–H groups in total. The summed E-state index contributed by atoms with van der Waals surface area (Å²) in [6.07, 6.45) is 1.46. The van der Waals surface area contributed by atoms with Crippen LogP contribution in [0.4, 0.5) is 0 Å². The Hall–Kier alpha value is -0.710. The molecule has 84 valence electrons. The molecule has 0 saturated heterocycles. The SMILES string of the molecule is CCC[SH](OC(=O)CC)OC(=O)CC. The van der Waals surface area contributed by atoms with Gasteiger partial charge in [0.25, 0.3) is 0 Å². The Morgan fingerprint density at radius 1 is 1.00 bits per heavy atom. The molecular formula is C9H18O4S. The van der Waals surface area contributed by atoms with Crippen LogP contribution in [0, 0.1) is 0 Å². The fraction of sp³-hybridized carbons (Fsp3) is 0.778. The van der Waals surface area contributed by atoms with Crippen LogP contribution < -0.4 is 0 Å². The fourth-order valence-corrected chi connectivity index (χ4v) is 1.95. The number of carbonyl (C=O) groups is 2.